The highest BCUT2D eigenvalue weighted by molar-refractivity contribution is 7.92. The molecule has 1 aliphatic carbocycles. The number of halogens is 1. The molecule has 2 unspecified atom stereocenters. The van der Waals surface area contributed by atoms with Crippen LogP contribution >= 0.6 is 11.6 Å². The van der Waals surface area contributed by atoms with E-state index in [0.717, 1.165) is 42.0 Å². The van der Waals surface area contributed by atoms with Gasteiger partial charge in [0.15, 0.2) is 0 Å². The summed E-state index contributed by atoms with van der Waals surface area (Å²) < 4.78 is 31.7. The Labute approximate surface area is 251 Å². The molecule has 1 amide bonds. The van der Waals surface area contributed by atoms with E-state index in [4.69, 9.17) is 11.6 Å². The van der Waals surface area contributed by atoms with Crippen LogP contribution < -0.4 is 15.2 Å². The van der Waals surface area contributed by atoms with Crippen LogP contribution in [0.25, 0.3) is 5.69 Å². The van der Waals surface area contributed by atoms with Gasteiger partial charge < -0.3 is 5.32 Å². The minimum atomic E-state index is -4.16. The van der Waals surface area contributed by atoms with E-state index in [1.54, 1.807) is 42.9 Å². The van der Waals surface area contributed by atoms with Gasteiger partial charge in [0.05, 0.1) is 16.3 Å². The van der Waals surface area contributed by atoms with Crippen LogP contribution in [0.4, 0.5) is 5.69 Å². The lowest BCUT2D eigenvalue weighted by atomic mass is 9.87. The van der Waals surface area contributed by atoms with Gasteiger partial charge in [0.1, 0.15) is 5.69 Å². The predicted molar refractivity (Wildman–Crippen MR) is 166 cm³/mol. The quantitative estimate of drug-likeness (QED) is 0.269. The van der Waals surface area contributed by atoms with E-state index in [9.17, 15) is 18.0 Å². The summed E-state index contributed by atoms with van der Waals surface area (Å²) in [6.07, 6.45) is 4.96. The summed E-state index contributed by atoms with van der Waals surface area (Å²) in [6, 6.07) is 22.7. The molecule has 0 spiro atoms. The molecule has 8 nitrogen and oxygen atoms in total. The van der Waals surface area contributed by atoms with Gasteiger partial charge in [-0.05, 0) is 67.8 Å². The van der Waals surface area contributed by atoms with Crippen molar-refractivity contribution >= 4 is 33.2 Å². The Bertz CT molecular complexity index is 1750. The first-order valence-electron chi connectivity index (χ1n) is 14.1. The van der Waals surface area contributed by atoms with Crippen molar-refractivity contribution in [2.45, 2.75) is 55.9 Å². The second kappa shape index (κ2) is 12.2. The Hall–Kier alpha value is -3.82. The van der Waals surface area contributed by atoms with Crippen LogP contribution in [0.15, 0.2) is 88.6 Å². The first-order valence-corrected chi connectivity index (χ1v) is 15.9. The maximum Gasteiger partial charge on any atom is 0.296 e. The molecular formula is C32H35ClN4O4S. The van der Waals surface area contributed by atoms with Crippen LogP contribution in [0.1, 0.15) is 59.6 Å². The first-order chi connectivity index (χ1) is 20.1. The zero-order chi connectivity index (χ0) is 30.0. The number of amides is 1. The molecule has 5 rings (SSSR count). The smallest absolute Gasteiger partial charge is 0.296 e. The van der Waals surface area contributed by atoms with E-state index < -0.39 is 15.6 Å². The van der Waals surface area contributed by atoms with E-state index in [1.807, 2.05) is 42.5 Å². The first kappa shape index (κ1) is 29.7. The summed E-state index contributed by atoms with van der Waals surface area (Å²) in [5, 5.41) is 3.86. The normalized spacial score (nSPS) is 17.4. The highest BCUT2D eigenvalue weighted by Crippen LogP contribution is 2.33. The molecule has 2 atom stereocenters. The number of hydrogen-bond acceptors (Lipinski definition) is 4. The third-order valence-electron chi connectivity index (χ3n) is 8.22. The number of nitrogens with zero attached hydrogens (tertiary/aromatic N) is 3. The molecule has 0 aliphatic heterocycles. The fraction of sp³-hybridized carbons (Fsp3) is 0.312. The second-order valence-electron chi connectivity index (χ2n) is 10.8. The van der Waals surface area contributed by atoms with Crippen molar-refractivity contribution in [3.63, 3.8) is 0 Å². The topological polar surface area (TPSA) is 93.4 Å². The predicted octanol–water partition coefficient (Wildman–Crippen LogP) is 5.81. The van der Waals surface area contributed by atoms with Crippen molar-refractivity contribution in [2.75, 3.05) is 11.4 Å². The molecule has 10 heteroatoms. The zero-order valence-corrected chi connectivity index (χ0v) is 25.5. The van der Waals surface area contributed by atoms with Crippen molar-refractivity contribution in [3.05, 3.63) is 111 Å². The third-order valence-corrected chi connectivity index (χ3v) is 10.2. The van der Waals surface area contributed by atoms with E-state index in [2.05, 4.69) is 5.32 Å². The van der Waals surface area contributed by atoms with Crippen LogP contribution in [0.5, 0.6) is 0 Å². The molecule has 0 radical (unpaired) electrons. The summed E-state index contributed by atoms with van der Waals surface area (Å²) >= 11 is 6.11. The lowest BCUT2D eigenvalue weighted by molar-refractivity contribution is 0.0928. The Morgan fingerprint density at radius 3 is 2.36 bits per heavy atom. The van der Waals surface area contributed by atoms with Gasteiger partial charge in [-0.1, -0.05) is 67.3 Å². The molecule has 1 aliphatic rings. The molecule has 220 valence electrons. The molecule has 1 heterocycles. The molecule has 1 aromatic heterocycles. The summed E-state index contributed by atoms with van der Waals surface area (Å²) in [5.74, 6) is -0.192. The van der Waals surface area contributed by atoms with E-state index in [0.29, 0.717) is 16.4 Å². The lowest BCUT2D eigenvalue weighted by Gasteiger charge is -2.27. The third kappa shape index (κ3) is 5.76. The molecule has 1 N–H and O–H groups in total. The molecule has 42 heavy (non-hydrogen) atoms. The minimum Gasteiger partial charge on any atom is -0.349 e. The van der Waals surface area contributed by atoms with Crippen LogP contribution in [0.3, 0.4) is 0 Å². The van der Waals surface area contributed by atoms with Crippen molar-refractivity contribution in [2.24, 2.45) is 7.05 Å². The maximum atomic E-state index is 13.8. The number of benzene rings is 3. The van der Waals surface area contributed by atoms with Crippen LogP contribution in [-0.2, 0) is 17.1 Å². The molecule has 1 saturated carbocycles. The molecular weight excluding hydrogens is 572 g/mol. The number of hydrogen-bond donors (Lipinski definition) is 1. The number of para-hydroxylation sites is 1. The average Bonchev–Trinajstić information content (AvgIpc) is 3.12. The lowest BCUT2D eigenvalue weighted by Crippen LogP contribution is -2.39. The molecule has 3 aromatic carbocycles. The number of rotatable bonds is 7. The Morgan fingerprint density at radius 2 is 1.64 bits per heavy atom. The highest BCUT2D eigenvalue weighted by Gasteiger charge is 2.30. The van der Waals surface area contributed by atoms with Crippen molar-refractivity contribution in [1.29, 1.82) is 0 Å². The van der Waals surface area contributed by atoms with E-state index >= 15 is 0 Å². The Morgan fingerprint density at radius 1 is 0.952 bits per heavy atom. The van der Waals surface area contributed by atoms with Crippen molar-refractivity contribution in [3.8, 4) is 5.69 Å². The fourth-order valence-electron chi connectivity index (χ4n) is 5.83. The van der Waals surface area contributed by atoms with Gasteiger partial charge in [-0.25, -0.2) is 13.1 Å². The fourth-order valence-corrected chi connectivity index (χ4v) is 7.25. The van der Waals surface area contributed by atoms with Gasteiger partial charge in [-0.15, -0.1) is 0 Å². The minimum absolute atomic E-state index is 0.0421. The van der Waals surface area contributed by atoms with Crippen LogP contribution in [-0.4, -0.2) is 36.8 Å². The zero-order valence-electron chi connectivity index (χ0n) is 24.0. The maximum absolute atomic E-state index is 13.8. The second-order valence-corrected chi connectivity index (χ2v) is 13.2. The van der Waals surface area contributed by atoms with Gasteiger partial charge in [0.25, 0.3) is 21.5 Å². The largest absolute Gasteiger partial charge is 0.349 e. The number of nitrogens with one attached hydrogen (secondary N) is 1. The van der Waals surface area contributed by atoms with Gasteiger partial charge in [-0.3, -0.25) is 18.6 Å². The number of carbonyl (C=O) groups excluding carboxylic acids is 1. The van der Waals surface area contributed by atoms with Crippen LogP contribution in [0.2, 0.25) is 5.02 Å². The SMILES string of the molecule is Cc1c(N(C)S(=O)(=O)c2cccc(C(=O)NC3CCCCCC3c3ccc(Cl)cc3)c2)c(=O)n(-c2ccccc2)n1C. The molecule has 0 bridgehead atoms. The van der Waals surface area contributed by atoms with Gasteiger partial charge in [-0.2, -0.15) is 0 Å². The number of carbonyl (C=O) groups is 1. The van der Waals surface area contributed by atoms with Gasteiger partial charge >= 0.3 is 0 Å². The van der Waals surface area contributed by atoms with E-state index in [1.165, 1.54) is 23.9 Å². The summed E-state index contributed by atoms with van der Waals surface area (Å²) in [7, 11) is -1.09. The average molecular weight is 607 g/mol. The summed E-state index contributed by atoms with van der Waals surface area (Å²) in [6.45, 7) is 1.70. The molecule has 1 fully saturated rings. The van der Waals surface area contributed by atoms with Crippen LogP contribution in [0, 0.1) is 6.92 Å². The molecule has 0 saturated heterocycles. The highest BCUT2D eigenvalue weighted by atomic mass is 35.5. The van der Waals surface area contributed by atoms with Crippen molar-refractivity contribution in [1.82, 2.24) is 14.7 Å². The van der Waals surface area contributed by atoms with Gasteiger partial charge in [0.2, 0.25) is 0 Å². The monoisotopic (exact) mass is 606 g/mol. The number of sulfonamides is 1. The van der Waals surface area contributed by atoms with Crippen molar-refractivity contribution < 1.29 is 13.2 Å². The Balaban J connectivity index is 1.42. The molecule has 4 aromatic rings. The summed E-state index contributed by atoms with van der Waals surface area (Å²) in [4.78, 5) is 26.9. The number of anilines is 1. The summed E-state index contributed by atoms with van der Waals surface area (Å²) in [5.41, 5.74) is 2.08. The Kier molecular flexibility index (Phi) is 8.61. The number of aromatic nitrogens is 2. The standard InChI is InChI=1S/C32H35ClN4O4S/c1-22-30(32(39)37(35(22)2)26-12-6-4-7-13-26)36(3)42(40,41)27-14-10-11-24(21-27)31(38)34-29-16-9-5-8-15-28(29)23-17-19-25(33)20-18-23/h4,6-7,10-14,17-21,28-29H,5,8-9,15-16H2,1-3H3,(H,34,38). The van der Waals surface area contributed by atoms with E-state index in [-0.39, 0.29) is 34.0 Å². The van der Waals surface area contributed by atoms with Gasteiger partial charge in [0, 0.05) is 36.6 Å².